The lowest BCUT2D eigenvalue weighted by Crippen LogP contribution is -2.26. The third-order valence-corrected chi connectivity index (χ3v) is 5.88. The Hall–Kier alpha value is -1.000. The molecule has 0 aliphatic carbocycles. The maximum atomic E-state index is 10.4. The molecule has 0 saturated carbocycles. The van der Waals surface area contributed by atoms with Crippen molar-refractivity contribution in [3.8, 4) is 17.2 Å². The molecule has 0 spiro atoms. The molecule has 2 aromatic rings. The summed E-state index contributed by atoms with van der Waals surface area (Å²) in [6, 6.07) is 2.84. The molecule has 3 nitrogen and oxygen atoms in total. The Morgan fingerprint density at radius 1 is 0.960 bits per heavy atom. The topological polar surface area (TPSA) is 49.7 Å². The van der Waals surface area contributed by atoms with Crippen molar-refractivity contribution in [1.29, 1.82) is 0 Å². The standard InChI is InChI=1S/C18H16Cl4O3/c1-4-7-12-8(19)5-10(23)14(15(12)21)18(2,3)25-17-11(24)6-9(20)13(7)16(17)22/h5-7,23-24H,4H2,1-3H3. The third-order valence-electron chi connectivity index (χ3n) is 4.49. The molecule has 0 fully saturated rings. The van der Waals surface area contributed by atoms with Crippen molar-refractivity contribution in [3.05, 3.63) is 48.9 Å². The van der Waals surface area contributed by atoms with E-state index in [4.69, 9.17) is 51.1 Å². The number of aromatic hydroxyl groups is 2. The SMILES string of the molecule is CCC1c2c(Cl)cc(O)c(c2Cl)OC(C)(C)c2c(O)cc(Cl)c1c2Cl. The average molecular weight is 422 g/mol. The van der Waals surface area contributed by atoms with Crippen LogP contribution in [0.4, 0.5) is 0 Å². The summed E-state index contributed by atoms with van der Waals surface area (Å²) >= 11 is 26.0. The molecular formula is C18H16Cl4O3. The third kappa shape index (κ3) is 2.82. The van der Waals surface area contributed by atoms with Crippen LogP contribution in [0.5, 0.6) is 17.2 Å². The van der Waals surface area contributed by atoms with E-state index in [1.165, 1.54) is 12.1 Å². The second-order valence-corrected chi connectivity index (χ2v) is 8.06. The van der Waals surface area contributed by atoms with Crippen molar-refractivity contribution in [1.82, 2.24) is 0 Å². The number of benzene rings is 2. The Labute approximate surface area is 166 Å². The van der Waals surface area contributed by atoms with E-state index < -0.39 is 5.60 Å². The minimum atomic E-state index is -1.07. The van der Waals surface area contributed by atoms with Gasteiger partial charge in [-0.2, -0.15) is 0 Å². The molecule has 1 aliphatic heterocycles. The van der Waals surface area contributed by atoms with E-state index in [-0.39, 0.29) is 28.2 Å². The van der Waals surface area contributed by atoms with Crippen molar-refractivity contribution in [2.24, 2.45) is 0 Å². The number of hydrogen-bond donors (Lipinski definition) is 2. The van der Waals surface area contributed by atoms with Crippen LogP contribution < -0.4 is 4.74 Å². The highest BCUT2D eigenvalue weighted by molar-refractivity contribution is 6.39. The van der Waals surface area contributed by atoms with Crippen LogP contribution >= 0.6 is 46.4 Å². The zero-order valence-corrected chi connectivity index (χ0v) is 16.8. The molecule has 1 aliphatic rings. The van der Waals surface area contributed by atoms with E-state index in [2.05, 4.69) is 0 Å². The van der Waals surface area contributed by atoms with Gasteiger partial charge in [0.15, 0.2) is 11.5 Å². The number of phenols is 2. The van der Waals surface area contributed by atoms with Crippen LogP contribution in [0.3, 0.4) is 0 Å². The average Bonchev–Trinajstić information content (AvgIpc) is 2.49. The van der Waals surface area contributed by atoms with E-state index in [9.17, 15) is 10.2 Å². The monoisotopic (exact) mass is 420 g/mol. The predicted molar refractivity (Wildman–Crippen MR) is 102 cm³/mol. The molecule has 134 valence electrons. The Morgan fingerprint density at radius 2 is 1.48 bits per heavy atom. The van der Waals surface area contributed by atoms with Crippen molar-refractivity contribution < 1.29 is 14.9 Å². The van der Waals surface area contributed by atoms with Crippen molar-refractivity contribution >= 4 is 46.4 Å². The molecule has 25 heavy (non-hydrogen) atoms. The highest BCUT2D eigenvalue weighted by atomic mass is 35.5. The second-order valence-electron chi connectivity index (χ2n) is 6.49. The molecular weight excluding hydrogens is 406 g/mol. The minimum Gasteiger partial charge on any atom is -0.507 e. The molecule has 1 atom stereocenters. The summed E-state index contributed by atoms with van der Waals surface area (Å²) in [5.74, 6) is -0.497. The Bertz CT molecular complexity index is 878. The lowest BCUT2D eigenvalue weighted by atomic mass is 9.86. The lowest BCUT2D eigenvalue weighted by molar-refractivity contribution is 0.101. The zero-order valence-electron chi connectivity index (χ0n) is 13.8. The first-order valence-electron chi connectivity index (χ1n) is 7.71. The number of rotatable bonds is 1. The van der Waals surface area contributed by atoms with Gasteiger partial charge in [0.25, 0.3) is 0 Å². The summed E-state index contributed by atoms with van der Waals surface area (Å²) in [7, 11) is 0. The molecule has 7 heteroatoms. The largest absolute Gasteiger partial charge is 0.507 e. The van der Waals surface area contributed by atoms with Gasteiger partial charge in [-0.15, -0.1) is 0 Å². The van der Waals surface area contributed by atoms with Gasteiger partial charge in [0, 0.05) is 27.6 Å². The van der Waals surface area contributed by atoms with E-state index in [0.29, 0.717) is 38.2 Å². The minimum absolute atomic E-state index is 0.0877. The summed E-state index contributed by atoms with van der Waals surface area (Å²) in [5, 5.41) is 21.9. The van der Waals surface area contributed by atoms with Gasteiger partial charge in [-0.05, 0) is 31.9 Å². The summed E-state index contributed by atoms with van der Waals surface area (Å²) in [6.07, 6.45) is 0.605. The number of ether oxygens (including phenoxy) is 1. The second kappa shape index (κ2) is 6.31. The van der Waals surface area contributed by atoms with E-state index in [1.54, 1.807) is 13.8 Å². The Balaban J connectivity index is 2.52. The molecule has 0 aromatic heterocycles. The summed E-state index contributed by atoms with van der Waals surface area (Å²) in [6.45, 7) is 5.40. The highest BCUT2D eigenvalue weighted by Crippen LogP contribution is 2.54. The fraction of sp³-hybridized carbons (Fsp3) is 0.333. The van der Waals surface area contributed by atoms with Crippen molar-refractivity contribution in [3.63, 3.8) is 0 Å². The van der Waals surface area contributed by atoms with Gasteiger partial charge < -0.3 is 14.9 Å². The smallest absolute Gasteiger partial charge is 0.181 e. The van der Waals surface area contributed by atoms with Crippen LogP contribution in [0, 0.1) is 0 Å². The van der Waals surface area contributed by atoms with Gasteiger partial charge in [0.05, 0.1) is 15.6 Å². The van der Waals surface area contributed by atoms with E-state index in [0.717, 1.165) is 0 Å². The fourth-order valence-electron chi connectivity index (χ4n) is 3.39. The maximum Gasteiger partial charge on any atom is 0.181 e. The van der Waals surface area contributed by atoms with Gasteiger partial charge in [0.1, 0.15) is 11.4 Å². The Kier molecular flexibility index (Phi) is 4.74. The number of hydrogen-bond acceptors (Lipinski definition) is 3. The molecule has 3 rings (SSSR count). The molecule has 2 N–H and O–H groups in total. The highest BCUT2D eigenvalue weighted by Gasteiger charge is 2.38. The van der Waals surface area contributed by atoms with Crippen LogP contribution in [0.2, 0.25) is 20.1 Å². The summed E-state index contributed by atoms with van der Waals surface area (Å²) in [4.78, 5) is 0. The zero-order chi connectivity index (χ0) is 18.7. The van der Waals surface area contributed by atoms with Crippen molar-refractivity contribution in [2.75, 3.05) is 0 Å². The molecule has 0 saturated heterocycles. The lowest BCUT2D eigenvalue weighted by Gasteiger charge is -2.29. The van der Waals surface area contributed by atoms with Gasteiger partial charge >= 0.3 is 0 Å². The van der Waals surface area contributed by atoms with Crippen LogP contribution in [-0.4, -0.2) is 10.2 Å². The van der Waals surface area contributed by atoms with Crippen molar-refractivity contribution in [2.45, 2.75) is 38.7 Å². The number of halogens is 4. The molecule has 1 heterocycles. The molecule has 4 bridgehead atoms. The predicted octanol–water partition coefficient (Wildman–Crippen LogP) is 6.88. The van der Waals surface area contributed by atoms with Crippen LogP contribution in [0.15, 0.2) is 12.1 Å². The van der Waals surface area contributed by atoms with E-state index >= 15 is 0 Å². The first-order valence-corrected chi connectivity index (χ1v) is 9.22. The normalized spacial score (nSPS) is 18.1. The van der Waals surface area contributed by atoms with Gasteiger partial charge in [-0.3, -0.25) is 0 Å². The first kappa shape index (κ1) is 18.8. The van der Waals surface area contributed by atoms with Crippen LogP contribution in [0.25, 0.3) is 0 Å². The van der Waals surface area contributed by atoms with E-state index in [1.807, 2.05) is 6.92 Å². The van der Waals surface area contributed by atoms with Crippen LogP contribution in [0.1, 0.15) is 49.8 Å². The van der Waals surface area contributed by atoms with Crippen LogP contribution in [-0.2, 0) is 5.60 Å². The molecule has 2 aromatic carbocycles. The van der Waals surface area contributed by atoms with Gasteiger partial charge in [0.2, 0.25) is 0 Å². The molecule has 0 amide bonds. The molecule has 1 unspecified atom stereocenters. The fourth-order valence-corrected chi connectivity index (χ4v) is 5.07. The first-order chi connectivity index (χ1) is 11.6. The quantitative estimate of drug-likeness (QED) is 0.527. The van der Waals surface area contributed by atoms with Gasteiger partial charge in [-0.25, -0.2) is 0 Å². The Morgan fingerprint density at radius 3 is 2.04 bits per heavy atom. The maximum absolute atomic E-state index is 10.4. The van der Waals surface area contributed by atoms with Gasteiger partial charge in [-0.1, -0.05) is 53.3 Å². The summed E-state index contributed by atoms with van der Waals surface area (Å²) in [5.41, 5.74) is 0.505. The molecule has 0 radical (unpaired) electrons. The summed E-state index contributed by atoms with van der Waals surface area (Å²) < 4.78 is 5.98. The number of phenolic OH excluding ortho intramolecular Hbond substituents is 2. The number of fused-ring (bicyclic) bond motifs is 4.